The van der Waals surface area contributed by atoms with Crippen LogP contribution in [0.3, 0.4) is 0 Å². The summed E-state index contributed by atoms with van der Waals surface area (Å²) in [5.41, 5.74) is 1.12. The number of esters is 1. The van der Waals surface area contributed by atoms with Crippen molar-refractivity contribution >= 4 is 16.8 Å². The number of carbonyl (C=O) groups is 1. The van der Waals surface area contributed by atoms with Gasteiger partial charge in [0.15, 0.2) is 0 Å². The molecule has 0 radical (unpaired) electrons. The first kappa shape index (κ1) is 17.9. The van der Waals surface area contributed by atoms with E-state index in [2.05, 4.69) is 0 Å². The number of unbranched alkanes of at least 4 members (excludes halogenated alkanes) is 1. The summed E-state index contributed by atoms with van der Waals surface area (Å²) in [6, 6.07) is 7.50. The largest absolute Gasteiger partial charge is 0.466 e. The number of carbonyl (C=O) groups excluding carboxylic acids is 1. The molecule has 0 unspecified atom stereocenters. The van der Waals surface area contributed by atoms with Gasteiger partial charge in [-0.05, 0) is 38.8 Å². The quantitative estimate of drug-likeness (QED) is 0.562. The lowest BCUT2D eigenvalue weighted by atomic mass is 10.1. The number of hydrogen-bond acceptors (Lipinski definition) is 4. The first-order chi connectivity index (χ1) is 10.0. The van der Waals surface area contributed by atoms with Crippen molar-refractivity contribution in [2.75, 3.05) is 12.4 Å². The molecular weight excluding hydrogens is 288 g/mol. The molecule has 0 heterocycles. The molecule has 118 valence electrons. The number of aliphatic hydroxyl groups is 1. The summed E-state index contributed by atoms with van der Waals surface area (Å²) in [6.45, 7) is 4.16. The van der Waals surface area contributed by atoms with E-state index in [-0.39, 0.29) is 11.7 Å². The molecule has 0 saturated heterocycles. The van der Waals surface area contributed by atoms with Crippen molar-refractivity contribution in [3.05, 3.63) is 29.8 Å². The Morgan fingerprint density at radius 3 is 2.57 bits per heavy atom. The molecule has 0 aromatic heterocycles. The van der Waals surface area contributed by atoms with Gasteiger partial charge in [-0.15, -0.1) is 0 Å². The smallest absolute Gasteiger partial charge is 0.305 e. The van der Waals surface area contributed by atoms with Crippen LogP contribution in [0.5, 0.6) is 0 Å². The Morgan fingerprint density at radius 1 is 1.29 bits per heavy atom. The van der Waals surface area contributed by atoms with Crippen molar-refractivity contribution in [2.45, 2.75) is 50.5 Å². The highest BCUT2D eigenvalue weighted by Crippen LogP contribution is 2.12. The highest BCUT2D eigenvalue weighted by atomic mass is 32.2. The van der Waals surface area contributed by atoms with Crippen LogP contribution >= 0.6 is 0 Å². The van der Waals surface area contributed by atoms with Gasteiger partial charge in [-0.25, -0.2) is 0 Å². The monoisotopic (exact) mass is 312 g/mol. The molecule has 1 aromatic rings. The van der Waals surface area contributed by atoms with Gasteiger partial charge in [0, 0.05) is 11.3 Å². The lowest BCUT2D eigenvalue weighted by Gasteiger charge is -2.10. The number of benzene rings is 1. The van der Waals surface area contributed by atoms with Crippen LogP contribution in [0.2, 0.25) is 0 Å². The molecule has 0 aliphatic carbocycles. The molecule has 1 N–H and O–H groups in total. The number of rotatable bonds is 9. The number of aryl methyl sites for hydroxylation is 1. The van der Waals surface area contributed by atoms with Gasteiger partial charge >= 0.3 is 5.97 Å². The zero-order valence-electron chi connectivity index (χ0n) is 12.7. The molecular formula is C16H24O4S. The Labute approximate surface area is 129 Å². The zero-order chi connectivity index (χ0) is 15.7. The molecule has 5 heteroatoms. The second kappa shape index (κ2) is 9.68. The third-order valence-electron chi connectivity index (χ3n) is 3.10. The Bertz CT molecular complexity index is 456. The summed E-state index contributed by atoms with van der Waals surface area (Å²) in [6.07, 6.45) is 1.74. The predicted molar refractivity (Wildman–Crippen MR) is 83.6 cm³/mol. The van der Waals surface area contributed by atoms with Gasteiger partial charge in [-0.1, -0.05) is 24.1 Å². The summed E-state index contributed by atoms with van der Waals surface area (Å²) in [5, 5.41) is 9.89. The van der Waals surface area contributed by atoms with E-state index in [1.807, 2.05) is 31.2 Å². The van der Waals surface area contributed by atoms with Crippen molar-refractivity contribution in [2.24, 2.45) is 0 Å². The van der Waals surface area contributed by atoms with Gasteiger partial charge in [-0.2, -0.15) is 0 Å². The van der Waals surface area contributed by atoms with Crippen molar-refractivity contribution in [3.63, 3.8) is 0 Å². The van der Waals surface area contributed by atoms with Gasteiger partial charge in [0.25, 0.3) is 0 Å². The minimum absolute atomic E-state index is 0.199. The summed E-state index contributed by atoms with van der Waals surface area (Å²) in [5.74, 6) is 0.0397. The maximum absolute atomic E-state index is 12.1. The van der Waals surface area contributed by atoms with Crippen LogP contribution in [0.15, 0.2) is 29.2 Å². The van der Waals surface area contributed by atoms with Gasteiger partial charge < -0.3 is 9.84 Å². The summed E-state index contributed by atoms with van der Waals surface area (Å²) in [7, 11) is -1.18. The molecule has 0 bridgehead atoms. The molecule has 0 saturated carbocycles. The third-order valence-corrected chi connectivity index (χ3v) is 4.59. The SMILES string of the molecule is CCOC(=O)CCCC[C@@H](O)C[S@@](=O)c1ccc(C)cc1. The number of hydrogen-bond donors (Lipinski definition) is 1. The van der Waals surface area contributed by atoms with Crippen LogP contribution in [0, 0.1) is 6.92 Å². The van der Waals surface area contributed by atoms with E-state index < -0.39 is 16.9 Å². The Morgan fingerprint density at radius 2 is 1.95 bits per heavy atom. The lowest BCUT2D eigenvalue weighted by molar-refractivity contribution is -0.143. The van der Waals surface area contributed by atoms with E-state index in [9.17, 15) is 14.1 Å². The van der Waals surface area contributed by atoms with E-state index >= 15 is 0 Å². The minimum atomic E-state index is -1.18. The van der Waals surface area contributed by atoms with E-state index in [0.29, 0.717) is 25.9 Å². The number of aliphatic hydroxyl groups excluding tert-OH is 1. The first-order valence-electron chi connectivity index (χ1n) is 7.31. The maximum Gasteiger partial charge on any atom is 0.305 e. The Hall–Kier alpha value is -1.20. The van der Waals surface area contributed by atoms with E-state index in [1.165, 1.54) is 0 Å². The fourth-order valence-corrected chi connectivity index (χ4v) is 3.08. The van der Waals surface area contributed by atoms with Crippen LogP contribution in [0.25, 0.3) is 0 Å². The third kappa shape index (κ3) is 7.39. The van der Waals surface area contributed by atoms with E-state index in [1.54, 1.807) is 6.92 Å². The van der Waals surface area contributed by atoms with Crippen molar-refractivity contribution in [1.29, 1.82) is 0 Å². The second-order valence-electron chi connectivity index (χ2n) is 5.03. The molecule has 0 spiro atoms. The molecule has 0 aliphatic heterocycles. The summed E-state index contributed by atoms with van der Waals surface area (Å²) >= 11 is 0. The van der Waals surface area contributed by atoms with E-state index in [0.717, 1.165) is 16.9 Å². The van der Waals surface area contributed by atoms with Crippen molar-refractivity contribution in [1.82, 2.24) is 0 Å². The molecule has 0 amide bonds. The Kier molecular flexibility index (Phi) is 8.23. The van der Waals surface area contributed by atoms with Crippen LogP contribution in [-0.2, 0) is 20.3 Å². The van der Waals surface area contributed by atoms with Gasteiger partial charge in [-0.3, -0.25) is 9.00 Å². The average molecular weight is 312 g/mol. The number of ether oxygens (including phenoxy) is 1. The standard InChI is InChI=1S/C16H24O4S/c1-3-20-16(18)7-5-4-6-14(17)12-21(19)15-10-8-13(2)9-11-15/h8-11,14,17H,3-7,12H2,1-2H3/t14-,21-/m1/s1. The molecule has 21 heavy (non-hydrogen) atoms. The predicted octanol–water partition coefficient (Wildman–Crippen LogP) is 2.59. The van der Waals surface area contributed by atoms with E-state index in [4.69, 9.17) is 4.74 Å². The zero-order valence-corrected chi connectivity index (χ0v) is 13.5. The van der Waals surface area contributed by atoms with Crippen LogP contribution in [-0.4, -0.2) is 33.7 Å². The fraction of sp³-hybridized carbons (Fsp3) is 0.562. The molecule has 1 aromatic carbocycles. The molecule has 2 atom stereocenters. The second-order valence-corrected chi connectivity index (χ2v) is 6.53. The van der Waals surface area contributed by atoms with Gasteiger partial charge in [0.2, 0.25) is 0 Å². The van der Waals surface area contributed by atoms with Crippen molar-refractivity contribution in [3.8, 4) is 0 Å². The molecule has 4 nitrogen and oxygen atoms in total. The molecule has 0 aliphatic rings. The maximum atomic E-state index is 12.1. The van der Waals surface area contributed by atoms with Crippen LogP contribution in [0.4, 0.5) is 0 Å². The molecule has 1 rings (SSSR count). The highest BCUT2D eigenvalue weighted by Gasteiger charge is 2.11. The Balaban J connectivity index is 2.24. The minimum Gasteiger partial charge on any atom is -0.466 e. The fourth-order valence-electron chi connectivity index (χ4n) is 1.93. The highest BCUT2D eigenvalue weighted by molar-refractivity contribution is 7.85. The first-order valence-corrected chi connectivity index (χ1v) is 8.63. The summed E-state index contributed by atoms with van der Waals surface area (Å²) in [4.78, 5) is 11.9. The van der Waals surface area contributed by atoms with Gasteiger partial charge in [0.05, 0.1) is 29.3 Å². The average Bonchev–Trinajstić information content (AvgIpc) is 2.44. The lowest BCUT2D eigenvalue weighted by Crippen LogP contribution is -2.17. The van der Waals surface area contributed by atoms with Crippen LogP contribution < -0.4 is 0 Å². The van der Waals surface area contributed by atoms with Gasteiger partial charge in [0.1, 0.15) is 0 Å². The molecule has 0 fully saturated rings. The topological polar surface area (TPSA) is 63.6 Å². The summed E-state index contributed by atoms with van der Waals surface area (Å²) < 4.78 is 16.9. The van der Waals surface area contributed by atoms with Crippen molar-refractivity contribution < 1.29 is 18.8 Å². The van der Waals surface area contributed by atoms with Crippen LogP contribution in [0.1, 0.15) is 38.2 Å². The normalized spacial score (nSPS) is 13.7.